The number of methoxy groups -OCH3 is 1. The third-order valence-corrected chi connectivity index (χ3v) is 3.97. The summed E-state index contributed by atoms with van der Waals surface area (Å²) in [5.74, 6) is 0.384. The smallest absolute Gasteiger partial charge is 0.325 e. The molecule has 0 aliphatic rings. The van der Waals surface area contributed by atoms with E-state index in [-0.39, 0.29) is 5.82 Å². The average Bonchev–Trinajstić information content (AvgIpc) is 3.04. The zero-order valence-electron chi connectivity index (χ0n) is 12.6. The standard InChI is InChI=1S/C16H13FN4O2S/c1-23-13-8-6-12(7-9-13)18-15(22)19-16-21-20-14(24-16)10-2-4-11(17)5-3-10/h2-9H,1H3,(H2,18,19,21,22). The largest absolute Gasteiger partial charge is 0.497 e. The van der Waals surface area contributed by atoms with Gasteiger partial charge in [-0.2, -0.15) is 0 Å². The number of rotatable bonds is 4. The van der Waals surface area contributed by atoms with Gasteiger partial charge in [0, 0.05) is 11.3 Å². The fourth-order valence-corrected chi connectivity index (χ4v) is 2.66. The van der Waals surface area contributed by atoms with E-state index in [0.29, 0.717) is 21.6 Å². The number of nitrogens with zero attached hydrogens (tertiary/aromatic N) is 2. The highest BCUT2D eigenvalue weighted by molar-refractivity contribution is 7.18. The van der Waals surface area contributed by atoms with Crippen LogP contribution in [-0.4, -0.2) is 23.3 Å². The maximum atomic E-state index is 12.9. The van der Waals surface area contributed by atoms with Crippen LogP contribution in [0, 0.1) is 5.82 Å². The van der Waals surface area contributed by atoms with Crippen LogP contribution in [0.5, 0.6) is 5.75 Å². The summed E-state index contributed by atoms with van der Waals surface area (Å²) in [5, 5.41) is 14.1. The fourth-order valence-electron chi connectivity index (χ4n) is 1.92. The van der Waals surface area contributed by atoms with Crippen molar-refractivity contribution < 1.29 is 13.9 Å². The fraction of sp³-hybridized carbons (Fsp3) is 0.0625. The van der Waals surface area contributed by atoms with Crippen LogP contribution < -0.4 is 15.4 Å². The van der Waals surface area contributed by atoms with E-state index >= 15 is 0 Å². The lowest BCUT2D eigenvalue weighted by Crippen LogP contribution is -2.19. The summed E-state index contributed by atoms with van der Waals surface area (Å²) in [4.78, 5) is 12.0. The van der Waals surface area contributed by atoms with Gasteiger partial charge >= 0.3 is 6.03 Å². The summed E-state index contributed by atoms with van der Waals surface area (Å²) in [6.45, 7) is 0. The van der Waals surface area contributed by atoms with Gasteiger partial charge in [-0.3, -0.25) is 5.32 Å². The second-order valence-electron chi connectivity index (χ2n) is 4.73. The third-order valence-electron chi connectivity index (χ3n) is 3.08. The lowest BCUT2D eigenvalue weighted by atomic mass is 10.2. The van der Waals surface area contributed by atoms with E-state index in [9.17, 15) is 9.18 Å². The molecule has 0 atom stereocenters. The highest BCUT2D eigenvalue weighted by Crippen LogP contribution is 2.26. The maximum Gasteiger partial charge on any atom is 0.325 e. The first-order valence-corrected chi connectivity index (χ1v) is 7.77. The summed E-state index contributed by atoms with van der Waals surface area (Å²) in [5.41, 5.74) is 1.36. The van der Waals surface area contributed by atoms with Crippen molar-refractivity contribution in [1.82, 2.24) is 10.2 Å². The highest BCUT2D eigenvalue weighted by Gasteiger charge is 2.10. The van der Waals surface area contributed by atoms with Gasteiger partial charge in [0.05, 0.1) is 7.11 Å². The average molecular weight is 344 g/mol. The van der Waals surface area contributed by atoms with E-state index in [4.69, 9.17) is 4.74 Å². The molecule has 0 radical (unpaired) electrons. The predicted molar refractivity (Wildman–Crippen MR) is 90.9 cm³/mol. The number of amides is 2. The van der Waals surface area contributed by atoms with Crippen molar-refractivity contribution in [2.45, 2.75) is 0 Å². The normalized spacial score (nSPS) is 10.2. The highest BCUT2D eigenvalue weighted by atomic mass is 32.1. The first kappa shape index (κ1) is 15.9. The Labute approximate surface area is 141 Å². The second kappa shape index (κ2) is 7.05. The Morgan fingerprint density at radius 3 is 2.42 bits per heavy atom. The SMILES string of the molecule is COc1ccc(NC(=O)Nc2nnc(-c3ccc(F)cc3)s2)cc1. The van der Waals surface area contributed by atoms with E-state index in [1.54, 1.807) is 43.5 Å². The molecular weight excluding hydrogens is 331 g/mol. The minimum atomic E-state index is -0.429. The topological polar surface area (TPSA) is 76.1 Å². The summed E-state index contributed by atoms with van der Waals surface area (Å²) in [6, 6.07) is 12.4. The van der Waals surface area contributed by atoms with Gasteiger partial charge in [-0.1, -0.05) is 11.3 Å². The van der Waals surface area contributed by atoms with Crippen LogP contribution in [0.1, 0.15) is 0 Å². The molecule has 24 heavy (non-hydrogen) atoms. The van der Waals surface area contributed by atoms with E-state index < -0.39 is 6.03 Å². The van der Waals surface area contributed by atoms with Gasteiger partial charge in [0.25, 0.3) is 0 Å². The molecule has 2 N–H and O–H groups in total. The molecular formula is C16H13FN4O2S. The van der Waals surface area contributed by atoms with E-state index in [1.165, 1.54) is 23.5 Å². The first-order valence-electron chi connectivity index (χ1n) is 6.95. The van der Waals surface area contributed by atoms with Gasteiger partial charge in [-0.05, 0) is 48.5 Å². The molecule has 2 aromatic carbocycles. The van der Waals surface area contributed by atoms with Gasteiger partial charge in [0.15, 0.2) is 0 Å². The van der Waals surface area contributed by atoms with E-state index in [1.807, 2.05) is 0 Å². The van der Waals surface area contributed by atoms with Gasteiger partial charge in [-0.25, -0.2) is 9.18 Å². The quantitative estimate of drug-likeness (QED) is 0.750. The molecule has 0 saturated heterocycles. The van der Waals surface area contributed by atoms with Crippen LogP contribution in [0.25, 0.3) is 10.6 Å². The number of ether oxygens (including phenoxy) is 1. The van der Waals surface area contributed by atoms with Gasteiger partial charge in [0.1, 0.15) is 16.6 Å². The van der Waals surface area contributed by atoms with Crippen molar-refractivity contribution in [3.8, 4) is 16.3 Å². The molecule has 0 spiro atoms. The predicted octanol–water partition coefficient (Wildman–Crippen LogP) is 4.00. The monoisotopic (exact) mass is 344 g/mol. The molecule has 6 nitrogen and oxygen atoms in total. The molecule has 0 bridgehead atoms. The van der Waals surface area contributed by atoms with E-state index in [2.05, 4.69) is 20.8 Å². The number of hydrogen-bond donors (Lipinski definition) is 2. The number of hydrogen-bond acceptors (Lipinski definition) is 5. The third kappa shape index (κ3) is 3.85. The lowest BCUT2D eigenvalue weighted by Gasteiger charge is -2.05. The zero-order valence-corrected chi connectivity index (χ0v) is 13.4. The molecule has 2 amide bonds. The van der Waals surface area contributed by atoms with Crippen molar-refractivity contribution in [3.05, 3.63) is 54.3 Å². The maximum absolute atomic E-state index is 12.9. The number of benzene rings is 2. The molecule has 3 rings (SSSR count). The molecule has 0 aliphatic heterocycles. The molecule has 0 aliphatic carbocycles. The van der Waals surface area contributed by atoms with Gasteiger partial charge in [0.2, 0.25) is 5.13 Å². The van der Waals surface area contributed by atoms with Crippen molar-refractivity contribution in [2.75, 3.05) is 17.7 Å². The van der Waals surface area contributed by atoms with Crippen molar-refractivity contribution in [1.29, 1.82) is 0 Å². The van der Waals surface area contributed by atoms with Crippen LogP contribution in [0.2, 0.25) is 0 Å². The Kier molecular flexibility index (Phi) is 4.66. The number of aromatic nitrogens is 2. The molecule has 0 unspecified atom stereocenters. The minimum absolute atomic E-state index is 0.319. The van der Waals surface area contributed by atoms with Crippen LogP contribution in [0.3, 0.4) is 0 Å². The zero-order chi connectivity index (χ0) is 16.9. The second-order valence-corrected chi connectivity index (χ2v) is 5.70. The lowest BCUT2D eigenvalue weighted by molar-refractivity contribution is 0.262. The molecule has 0 fully saturated rings. The van der Waals surface area contributed by atoms with Crippen LogP contribution in [-0.2, 0) is 0 Å². The Morgan fingerprint density at radius 2 is 1.75 bits per heavy atom. The first-order chi connectivity index (χ1) is 11.6. The Hall–Kier alpha value is -3.00. The van der Waals surface area contributed by atoms with E-state index in [0.717, 1.165) is 5.56 Å². The number of urea groups is 1. The molecule has 1 heterocycles. The number of halogens is 1. The van der Waals surface area contributed by atoms with Gasteiger partial charge in [-0.15, -0.1) is 10.2 Å². The molecule has 8 heteroatoms. The number of anilines is 2. The number of nitrogens with one attached hydrogen (secondary N) is 2. The van der Waals surface area contributed by atoms with Crippen LogP contribution >= 0.6 is 11.3 Å². The number of carbonyl (C=O) groups excluding carboxylic acids is 1. The van der Waals surface area contributed by atoms with Crippen LogP contribution in [0.4, 0.5) is 20.0 Å². The Balaban J connectivity index is 1.63. The Bertz CT molecular complexity index is 834. The number of carbonyl (C=O) groups is 1. The van der Waals surface area contributed by atoms with Crippen molar-refractivity contribution >= 4 is 28.2 Å². The minimum Gasteiger partial charge on any atom is -0.497 e. The molecule has 122 valence electrons. The molecule has 3 aromatic rings. The van der Waals surface area contributed by atoms with Crippen molar-refractivity contribution in [3.63, 3.8) is 0 Å². The molecule has 1 aromatic heterocycles. The summed E-state index contributed by atoms with van der Waals surface area (Å²) in [7, 11) is 1.57. The summed E-state index contributed by atoms with van der Waals surface area (Å²) < 4.78 is 18.0. The van der Waals surface area contributed by atoms with Crippen molar-refractivity contribution in [2.24, 2.45) is 0 Å². The Morgan fingerprint density at radius 1 is 1.04 bits per heavy atom. The summed E-state index contributed by atoms with van der Waals surface area (Å²) in [6.07, 6.45) is 0. The summed E-state index contributed by atoms with van der Waals surface area (Å²) >= 11 is 1.20. The van der Waals surface area contributed by atoms with Gasteiger partial charge < -0.3 is 10.1 Å². The van der Waals surface area contributed by atoms with Crippen LogP contribution in [0.15, 0.2) is 48.5 Å². The molecule has 0 saturated carbocycles.